The summed E-state index contributed by atoms with van der Waals surface area (Å²) >= 11 is 5.80. The van der Waals surface area contributed by atoms with Crippen molar-refractivity contribution in [2.45, 2.75) is 37.1 Å². The van der Waals surface area contributed by atoms with Crippen molar-refractivity contribution in [3.8, 4) is 6.07 Å². The Morgan fingerprint density at radius 2 is 1.85 bits per heavy atom. The lowest BCUT2D eigenvalue weighted by molar-refractivity contribution is -0.150. The average Bonchev–Trinajstić information content (AvgIpc) is 3.28. The summed E-state index contributed by atoms with van der Waals surface area (Å²) in [4.78, 5) is 28.7. The minimum Gasteiger partial charge on any atom is -0.368 e. The van der Waals surface area contributed by atoms with Crippen LogP contribution in [0.2, 0.25) is 5.02 Å². The summed E-state index contributed by atoms with van der Waals surface area (Å²) < 4.78 is 58.6. The number of nitrogens with two attached hydrogens (primary N) is 1. The van der Waals surface area contributed by atoms with Crippen molar-refractivity contribution in [1.29, 1.82) is 5.26 Å². The Morgan fingerprint density at radius 3 is 2.46 bits per heavy atom. The van der Waals surface area contributed by atoms with E-state index in [-0.39, 0.29) is 61.6 Å². The monoisotopic (exact) mass is 584 g/mol. The molecule has 5 rings (SSSR count). The normalized spacial score (nSPS) is 27.9. The summed E-state index contributed by atoms with van der Waals surface area (Å²) in [5.41, 5.74) is 4.35. The molecule has 1 aromatic rings. The lowest BCUT2D eigenvalue weighted by Crippen LogP contribution is -2.65. The third-order valence-electron chi connectivity index (χ3n) is 8.70. The smallest absolute Gasteiger partial charge is 0.282 e. The highest BCUT2D eigenvalue weighted by Crippen LogP contribution is 2.48. The molecule has 1 unspecified atom stereocenters. The maximum absolute atomic E-state index is 15.3. The predicted molar refractivity (Wildman–Crippen MR) is 137 cm³/mol. The molecule has 0 aliphatic carbocycles. The number of nitrogens with one attached hydrogen (secondary N) is 1. The SMILES string of the molecule is N#CC1CN(S(=O)(=O)N2CCC[C@H](C(=O)N3CCCC3(C(N)=O)[C@H](c3cc(F)c(Cl)cc3F)C3CNC3)C2)C1. The average molecular weight is 585 g/mol. The van der Waals surface area contributed by atoms with Crippen LogP contribution in [-0.2, 0) is 19.8 Å². The molecule has 212 valence electrons. The van der Waals surface area contributed by atoms with E-state index in [0.29, 0.717) is 32.4 Å². The number of nitriles is 1. The van der Waals surface area contributed by atoms with Gasteiger partial charge in [0.1, 0.15) is 17.2 Å². The highest BCUT2D eigenvalue weighted by molar-refractivity contribution is 7.86. The molecule has 4 saturated heterocycles. The summed E-state index contributed by atoms with van der Waals surface area (Å²) in [6.07, 6.45) is 1.46. The van der Waals surface area contributed by atoms with Gasteiger partial charge in [0.05, 0.1) is 22.9 Å². The van der Waals surface area contributed by atoms with Crippen LogP contribution in [0.1, 0.15) is 37.2 Å². The second-order valence-electron chi connectivity index (χ2n) is 10.9. The van der Waals surface area contributed by atoms with Gasteiger partial charge in [-0.3, -0.25) is 9.59 Å². The Labute approximate surface area is 231 Å². The second kappa shape index (κ2) is 10.6. The van der Waals surface area contributed by atoms with Gasteiger partial charge in [-0.1, -0.05) is 11.6 Å². The van der Waals surface area contributed by atoms with Gasteiger partial charge >= 0.3 is 0 Å². The van der Waals surface area contributed by atoms with Gasteiger partial charge in [0.2, 0.25) is 11.8 Å². The highest BCUT2D eigenvalue weighted by atomic mass is 35.5. The van der Waals surface area contributed by atoms with Crippen molar-refractivity contribution < 1.29 is 26.8 Å². The van der Waals surface area contributed by atoms with Crippen LogP contribution in [0, 0.1) is 40.7 Å². The lowest BCUT2D eigenvalue weighted by atomic mass is 9.67. The minimum atomic E-state index is -3.84. The van der Waals surface area contributed by atoms with E-state index in [0.717, 1.165) is 12.1 Å². The van der Waals surface area contributed by atoms with Crippen LogP contribution in [0.5, 0.6) is 0 Å². The summed E-state index contributed by atoms with van der Waals surface area (Å²) in [5, 5.41) is 11.7. The Bertz CT molecular complexity index is 1320. The van der Waals surface area contributed by atoms with Gasteiger partial charge in [0.25, 0.3) is 10.2 Å². The van der Waals surface area contributed by atoms with Crippen molar-refractivity contribution in [2.24, 2.45) is 23.5 Å². The van der Waals surface area contributed by atoms with Crippen LogP contribution in [0.4, 0.5) is 8.78 Å². The van der Waals surface area contributed by atoms with Crippen LogP contribution in [-0.4, -0.2) is 85.1 Å². The fourth-order valence-electron chi connectivity index (χ4n) is 6.55. The zero-order chi connectivity index (χ0) is 28.1. The zero-order valence-electron chi connectivity index (χ0n) is 21.3. The summed E-state index contributed by atoms with van der Waals surface area (Å²) in [6.45, 7) is 1.46. The molecule has 0 aromatic heterocycles. The number of rotatable bonds is 7. The van der Waals surface area contributed by atoms with Crippen molar-refractivity contribution in [3.63, 3.8) is 0 Å². The quantitative estimate of drug-likeness (QED) is 0.461. The van der Waals surface area contributed by atoms with E-state index in [4.69, 9.17) is 22.6 Å². The Balaban J connectivity index is 1.46. The third kappa shape index (κ3) is 4.70. The number of likely N-dealkylation sites (tertiary alicyclic amines) is 1. The van der Waals surface area contributed by atoms with E-state index in [9.17, 15) is 22.4 Å². The fraction of sp³-hybridized carbons (Fsp3) is 0.640. The zero-order valence-corrected chi connectivity index (χ0v) is 22.9. The molecule has 0 spiro atoms. The van der Waals surface area contributed by atoms with Crippen molar-refractivity contribution in [2.75, 3.05) is 45.8 Å². The van der Waals surface area contributed by atoms with Gasteiger partial charge in [0.15, 0.2) is 0 Å². The molecular formula is C25H31ClF2N6O4S. The first-order chi connectivity index (χ1) is 18.5. The first-order valence-electron chi connectivity index (χ1n) is 13.1. The van der Waals surface area contributed by atoms with Gasteiger partial charge in [0, 0.05) is 38.6 Å². The number of primary amides is 1. The number of carbonyl (C=O) groups is 2. The molecule has 14 heteroatoms. The van der Waals surface area contributed by atoms with E-state index in [1.165, 1.54) is 13.5 Å². The molecular weight excluding hydrogens is 554 g/mol. The first-order valence-corrected chi connectivity index (χ1v) is 14.9. The maximum Gasteiger partial charge on any atom is 0.282 e. The van der Waals surface area contributed by atoms with E-state index in [1.807, 2.05) is 0 Å². The Morgan fingerprint density at radius 1 is 1.13 bits per heavy atom. The highest BCUT2D eigenvalue weighted by Gasteiger charge is 2.58. The molecule has 1 aromatic carbocycles. The van der Waals surface area contributed by atoms with Gasteiger partial charge in [-0.2, -0.15) is 22.3 Å². The fourth-order valence-corrected chi connectivity index (χ4v) is 8.49. The Kier molecular flexibility index (Phi) is 7.62. The number of hydrogen-bond acceptors (Lipinski definition) is 6. The second-order valence-corrected chi connectivity index (χ2v) is 13.2. The molecule has 39 heavy (non-hydrogen) atoms. The van der Waals surface area contributed by atoms with E-state index < -0.39 is 51.0 Å². The number of piperidine rings is 1. The topological polar surface area (TPSA) is 140 Å². The molecule has 4 heterocycles. The van der Waals surface area contributed by atoms with Crippen molar-refractivity contribution >= 4 is 33.6 Å². The predicted octanol–water partition coefficient (Wildman–Crippen LogP) is 1.18. The maximum atomic E-state index is 15.3. The summed E-state index contributed by atoms with van der Waals surface area (Å²) in [5.74, 6) is -5.12. The van der Waals surface area contributed by atoms with Crippen LogP contribution in [0.15, 0.2) is 12.1 Å². The Hall–Kier alpha value is -2.37. The van der Waals surface area contributed by atoms with Crippen molar-refractivity contribution in [3.05, 3.63) is 34.4 Å². The molecule has 0 saturated carbocycles. The molecule has 3 N–H and O–H groups in total. The molecule has 3 atom stereocenters. The molecule has 0 radical (unpaired) electrons. The number of nitrogens with zero attached hydrogens (tertiary/aromatic N) is 4. The summed E-state index contributed by atoms with van der Waals surface area (Å²) in [6, 6.07) is 3.91. The van der Waals surface area contributed by atoms with Gasteiger partial charge in [-0.05, 0) is 62.4 Å². The molecule has 4 fully saturated rings. The van der Waals surface area contributed by atoms with Crippen LogP contribution in [0.3, 0.4) is 0 Å². The van der Waals surface area contributed by atoms with Crippen LogP contribution in [0.25, 0.3) is 0 Å². The van der Waals surface area contributed by atoms with E-state index in [1.54, 1.807) is 0 Å². The minimum absolute atomic E-state index is 0.0559. The van der Waals surface area contributed by atoms with Crippen LogP contribution < -0.4 is 11.1 Å². The number of hydrogen-bond donors (Lipinski definition) is 2. The van der Waals surface area contributed by atoms with Crippen molar-refractivity contribution in [1.82, 2.24) is 18.8 Å². The van der Waals surface area contributed by atoms with Crippen LogP contribution >= 0.6 is 11.6 Å². The number of halogens is 3. The largest absolute Gasteiger partial charge is 0.368 e. The lowest BCUT2D eigenvalue weighted by Gasteiger charge is -2.49. The van der Waals surface area contributed by atoms with E-state index in [2.05, 4.69) is 11.4 Å². The van der Waals surface area contributed by atoms with Gasteiger partial charge in [-0.25, -0.2) is 8.78 Å². The number of carbonyl (C=O) groups excluding carboxylic acids is 2. The first kappa shape index (κ1) is 28.2. The third-order valence-corrected chi connectivity index (χ3v) is 10.9. The van der Waals surface area contributed by atoms with Gasteiger partial charge < -0.3 is 16.0 Å². The van der Waals surface area contributed by atoms with Gasteiger partial charge in [-0.15, -0.1) is 0 Å². The summed E-state index contributed by atoms with van der Waals surface area (Å²) in [7, 11) is -3.84. The molecule has 10 nitrogen and oxygen atoms in total. The molecule has 4 aliphatic rings. The molecule has 0 bridgehead atoms. The number of amides is 2. The molecule has 4 aliphatic heterocycles. The number of benzene rings is 1. The standard InChI is InChI=1S/C25H31ClF2N6O4S/c26-19-8-20(27)18(7-21(19)28)22(17-10-31-11-17)25(24(30)36)4-2-6-34(25)23(35)16-3-1-5-32(14-16)39(37,38)33-12-15(9-29)13-33/h7-8,15-17,22,31H,1-6,10-14H2,(H2,30,36)/t16-,22-,25?/m0/s1. The van der Waals surface area contributed by atoms with E-state index >= 15 is 4.39 Å². The molecule has 2 amide bonds.